The van der Waals surface area contributed by atoms with Gasteiger partial charge in [0.05, 0.1) is 12.8 Å². The van der Waals surface area contributed by atoms with Gasteiger partial charge in [-0.25, -0.2) is 4.79 Å². The lowest BCUT2D eigenvalue weighted by atomic mass is 10.3. The van der Waals surface area contributed by atoms with E-state index in [9.17, 15) is 9.59 Å². The normalized spacial score (nSPS) is 11.0. The van der Waals surface area contributed by atoms with Crippen LogP contribution in [0.1, 0.15) is 24.2 Å². The molecule has 1 aromatic rings. The number of anilines is 1. The van der Waals surface area contributed by atoms with E-state index in [1.165, 1.54) is 12.3 Å². The van der Waals surface area contributed by atoms with Gasteiger partial charge in [-0.15, -0.1) is 0 Å². The summed E-state index contributed by atoms with van der Waals surface area (Å²) >= 11 is 0. The highest BCUT2D eigenvalue weighted by Crippen LogP contribution is 2.12. The fourth-order valence-corrected chi connectivity index (χ4v) is 1.16. The molecule has 1 aromatic heterocycles. The van der Waals surface area contributed by atoms with Crippen molar-refractivity contribution >= 4 is 17.7 Å². The number of aromatic amines is 1. The first-order chi connectivity index (χ1) is 8.69. The molecule has 0 atom stereocenters. The van der Waals surface area contributed by atoms with Gasteiger partial charge in [0, 0.05) is 6.08 Å². The summed E-state index contributed by atoms with van der Waals surface area (Å²) in [6, 6.07) is 0. The van der Waals surface area contributed by atoms with Gasteiger partial charge in [-0.2, -0.15) is 5.10 Å². The van der Waals surface area contributed by atoms with Crippen molar-refractivity contribution in [3.63, 3.8) is 0 Å². The minimum absolute atomic E-state index is 0.199. The van der Waals surface area contributed by atoms with Crippen molar-refractivity contribution in [3.05, 3.63) is 36.1 Å². The van der Waals surface area contributed by atoms with Gasteiger partial charge in [-0.05, 0) is 13.8 Å². The van der Waals surface area contributed by atoms with Crippen molar-refractivity contribution < 1.29 is 14.3 Å². The van der Waals surface area contributed by atoms with Crippen molar-refractivity contribution in [1.29, 1.82) is 0 Å². The van der Waals surface area contributed by atoms with Crippen LogP contribution in [0.3, 0.4) is 0 Å². The van der Waals surface area contributed by atoms with E-state index < -0.39 is 5.97 Å². The molecule has 96 valence electrons. The molecule has 1 rings (SSSR count). The van der Waals surface area contributed by atoms with Crippen LogP contribution in [0.5, 0.6) is 0 Å². The van der Waals surface area contributed by atoms with E-state index in [4.69, 9.17) is 4.74 Å². The number of ether oxygens (including phenoxy) is 1. The molecule has 0 aliphatic rings. The monoisotopic (exact) mass is 249 g/mol. The first-order valence-electron chi connectivity index (χ1n) is 5.49. The third kappa shape index (κ3) is 3.89. The van der Waals surface area contributed by atoms with Crippen molar-refractivity contribution in [3.8, 4) is 0 Å². The highest BCUT2D eigenvalue weighted by Gasteiger charge is 2.15. The zero-order chi connectivity index (χ0) is 13.4. The number of amides is 1. The van der Waals surface area contributed by atoms with E-state index in [0.717, 1.165) is 0 Å². The Labute approximate surface area is 105 Å². The summed E-state index contributed by atoms with van der Waals surface area (Å²) in [5.41, 5.74) is 0.199. The van der Waals surface area contributed by atoms with Crippen LogP contribution >= 0.6 is 0 Å². The number of hydrogen-bond donors (Lipinski definition) is 2. The highest BCUT2D eigenvalue weighted by molar-refractivity contribution is 6.03. The van der Waals surface area contributed by atoms with Crippen LogP contribution in [0.2, 0.25) is 0 Å². The molecular formula is C12H15N3O3. The molecule has 0 saturated heterocycles. The van der Waals surface area contributed by atoms with E-state index in [2.05, 4.69) is 15.5 Å². The first-order valence-corrected chi connectivity index (χ1v) is 5.49. The molecule has 1 heterocycles. The van der Waals surface area contributed by atoms with Gasteiger partial charge in [0.1, 0.15) is 11.4 Å². The van der Waals surface area contributed by atoms with Gasteiger partial charge in [0.2, 0.25) is 5.91 Å². The molecule has 0 saturated carbocycles. The Morgan fingerprint density at radius 2 is 2.28 bits per heavy atom. The molecule has 0 radical (unpaired) electrons. The molecule has 0 aliphatic heterocycles. The number of carbonyl (C=O) groups excluding carboxylic acids is 2. The van der Waals surface area contributed by atoms with Crippen LogP contribution in [0.25, 0.3) is 0 Å². The highest BCUT2D eigenvalue weighted by atomic mass is 16.5. The van der Waals surface area contributed by atoms with E-state index >= 15 is 0 Å². The molecule has 0 unspecified atom stereocenters. The van der Waals surface area contributed by atoms with Crippen molar-refractivity contribution in [1.82, 2.24) is 10.2 Å². The fraction of sp³-hybridized carbons (Fsp3) is 0.250. The Morgan fingerprint density at radius 1 is 1.50 bits per heavy atom. The van der Waals surface area contributed by atoms with Crippen molar-refractivity contribution in [2.24, 2.45) is 0 Å². The maximum atomic E-state index is 11.5. The van der Waals surface area contributed by atoms with Gasteiger partial charge in [-0.3, -0.25) is 9.89 Å². The van der Waals surface area contributed by atoms with Crippen molar-refractivity contribution in [2.45, 2.75) is 13.8 Å². The maximum Gasteiger partial charge on any atom is 0.343 e. The van der Waals surface area contributed by atoms with Crippen LogP contribution in [-0.2, 0) is 9.53 Å². The van der Waals surface area contributed by atoms with Crippen LogP contribution in [0.4, 0.5) is 5.82 Å². The second-order valence-electron chi connectivity index (χ2n) is 3.25. The van der Waals surface area contributed by atoms with Gasteiger partial charge >= 0.3 is 5.97 Å². The Morgan fingerprint density at radius 3 is 2.94 bits per heavy atom. The minimum Gasteiger partial charge on any atom is -0.462 e. The second-order valence-corrected chi connectivity index (χ2v) is 3.25. The summed E-state index contributed by atoms with van der Waals surface area (Å²) in [6.07, 6.45) is 7.76. The SMILES string of the molecule is C/C=C/C=C/C(=O)Nc1[nH]ncc1C(=O)OCC. The van der Waals surface area contributed by atoms with E-state index in [1.54, 1.807) is 25.2 Å². The van der Waals surface area contributed by atoms with Gasteiger partial charge < -0.3 is 10.1 Å². The fourth-order valence-electron chi connectivity index (χ4n) is 1.16. The quantitative estimate of drug-likeness (QED) is 0.472. The maximum absolute atomic E-state index is 11.5. The molecule has 0 aliphatic carbocycles. The minimum atomic E-state index is -0.529. The lowest BCUT2D eigenvalue weighted by Gasteiger charge is -2.02. The predicted octanol–water partition coefficient (Wildman–Crippen LogP) is 1.66. The Kier molecular flexibility index (Phi) is 5.37. The molecule has 0 bridgehead atoms. The third-order valence-corrected chi connectivity index (χ3v) is 1.93. The summed E-state index contributed by atoms with van der Waals surface area (Å²) in [5, 5.41) is 8.74. The zero-order valence-electron chi connectivity index (χ0n) is 10.3. The Hall–Kier alpha value is -2.37. The van der Waals surface area contributed by atoms with Gasteiger partial charge in [0.25, 0.3) is 0 Å². The Balaban J connectivity index is 2.71. The molecule has 0 aromatic carbocycles. The topological polar surface area (TPSA) is 84.1 Å². The van der Waals surface area contributed by atoms with Crippen LogP contribution in [0.15, 0.2) is 30.5 Å². The summed E-state index contributed by atoms with van der Waals surface area (Å²) in [6.45, 7) is 3.81. The largest absolute Gasteiger partial charge is 0.462 e. The number of rotatable bonds is 5. The standard InChI is InChI=1S/C12H15N3O3/c1-3-5-6-7-10(16)14-11-9(8-13-15-11)12(17)18-4-2/h3,5-8H,4H2,1-2H3,(H2,13,14,15,16)/b5-3+,7-6+. The predicted molar refractivity (Wildman–Crippen MR) is 67.1 cm³/mol. The molecule has 1 amide bonds. The lowest BCUT2D eigenvalue weighted by Crippen LogP contribution is -2.13. The molecule has 0 fully saturated rings. The summed E-state index contributed by atoms with van der Waals surface area (Å²) in [7, 11) is 0. The summed E-state index contributed by atoms with van der Waals surface area (Å²) in [5.74, 6) is -0.662. The average Bonchev–Trinajstić information content (AvgIpc) is 2.78. The molecule has 6 heteroatoms. The van der Waals surface area contributed by atoms with Crippen LogP contribution < -0.4 is 5.32 Å². The first kappa shape index (κ1) is 13.7. The molecule has 6 nitrogen and oxygen atoms in total. The Bertz CT molecular complexity index is 475. The summed E-state index contributed by atoms with van der Waals surface area (Å²) < 4.78 is 4.83. The molecule has 2 N–H and O–H groups in total. The van der Waals surface area contributed by atoms with Gasteiger partial charge in [0.15, 0.2) is 0 Å². The summed E-state index contributed by atoms with van der Waals surface area (Å²) in [4.78, 5) is 23.0. The molecule has 18 heavy (non-hydrogen) atoms. The van der Waals surface area contributed by atoms with Crippen molar-refractivity contribution in [2.75, 3.05) is 11.9 Å². The number of allylic oxidation sites excluding steroid dienone is 3. The number of nitrogens with zero attached hydrogens (tertiary/aromatic N) is 1. The van der Waals surface area contributed by atoms with E-state index in [-0.39, 0.29) is 23.9 Å². The van der Waals surface area contributed by atoms with Crippen LogP contribution in [0, 0.1) is 0 Å². The zero-order valence-corrected chi connectivity index (χ0v) is 10.3. The third-order valence-electron chi connectivity index (χ3n) is 1.93. The molecule has 0 spiro atoms. The average molecular weight is 249 g/mol. The number of aromatic nitrogens is 2. The van der Waals surface area contributed by atoms with E-state index in [1.807, 2.05) is 6.92 Å². The van der Waals surface area contributed by atoms with Gasteiger partial charge in [-0.1, -0.05) is 18.2 Å². The number of nitrogens with one attached hydrogen (secondary N) is 2. The second kappa shape index (κ2) is 7.05. The number of esters is 1. The van der Waals surface area contributed by atoms with E-state index in [0.29, 0.717) is 0 Å². The van der Waals surface area contributed by atoms with Crippen LogP contribution in [-0.4, -0.2) is 28.7 Å². The number of hydrogen-bond acceptors (Lipinski definition) is 4. The number of H-pyrrole nitrogens is 1. The lowest BCUT2D eigenvalue weighted by molar-refractivity contribution is -0.111. The molecular weight excluding hydrogens is 234 g/mol. The number of carbonyl (C=O) groups is 2. The smallest absolute Gasteiger partial charge is 0.343 e.